The predicted octanol–water partition coefficient (Wildman–Crippen LogP) is 20.2. The van der Waals surface area contributed by atoms with Crippen LogP contribution in [0.15, 0.2) is 290 Å². The number of hydrogen-bond donors (Lipinski definition) is 0. The summed E-state index contributed by atoms with van der Waals surface area (Å²) in [7, 11) is 0. The van der Waals surface area contributed by atoms with Gasteiger partial charge >= 0.3 is 0 Å². The van der Waals surface area contributed by atoms with Gasteiger partial charge < -0.3 is 9.80 Å². The molecule has 0 bridgehead atoms. The molecule has 0 fully saturated rings. The fourth-order valence-corrected chi connectivity index (χ4v) is 11.3. The Hall–Kier alpha value is -8.76. The predicted molar refractivity (Wildman–Crippen MR) is 315 cm³/mol. The summed E-state index contributed by atoms with van der Waals surface area (Å²) in [6.45, 7) is 0. The van der Waals surface area contributed by atoms with Gasteiger partial charge in [0.2, 0.25) is 0 Å². The molecule has 0 amide bonds. The van der Waals surface area contributed by atoms with Crippen molar-refractivity contribution >= 4 is 87.9 Å². The number of benzene rings is 11. The Morgan fingerprint density at radius 1 is 0.274 bits per heavy atom. The number of fused-ring (bicyclic) bond motifs is 4. The van der Waals surface area contributed by atoms with Crippen molar-refractivity contribution < 1.29 is 0 Å². The number of rotatable bonds is 10. The van der Waals surface area contributed by atoms with E-state index in [9.17, 15) is 0 Å². The maximum absolute atomic E-state index is 4.09. The summed E-state index contributed by atoms with van der Waals surface area (Å²) in [4.78, 5) is 4.82. The molecule has 0 heterocycles. The van der Waals surface area contributed by atoms with Crippen LogP contribution in [-0.2, 0) is 0 Å². The Bertz CT molecular complexity index is 3920. The highest BCUT2D eigenvalue weighted by Gasteiger charge is 2.23. The van der Waals surface area contributed by atoms with Crippen LogP contribution in [0, 0.1) is 11.8 Å². The van der Waals surface area contributed by atoms with Gasteiger partial charge in [-0.15, -0.1) is 0 Å². The van der Waals surface area contributed by atoms with Gasteiger partial charge in [0.15, 0.2) is 0 Å². The summed E-state index contributed by atoms with van der Waals surface area (Å²) < 4.78 is 0.967. The summed E-state index contributed by atoms with van der Waals surface area (Å²) in [5.74, 6) is 0.720. The molecule has 2 atom stereocenters. The van der Waals surface area contributed by atoms with Gasteiger partial charge in [0.25, 0.3) is 0 Å². The highest BCUT2D eigenvalue weighted by Crippen LogP contribution is 2.45. The van der Waals surface area contributed by atoms with E-state index in [0.717, 1.165) is 55.3 Å². The SMILES string of the molecule is Brc1cc(N(c2cccc(C3=CC4C=CC=CC4C=C3)c2)c2cccc(-c3ccc4ccccc4c3)c2)cc(N(c2cccc(-c3ccc4ccccc4c3)c2)c2cccc(-c3ccc4ccccc4c3)c2)c1. The van der Waals surface area contributed by atoms with E-state index in [0.29, 0.717) is 11.8 Å². The molecule has 11 aromatic rings. The average molecular weight is 998 g/mol. The number of anilines is 6. The van der Waals surface area contributed by atoms with E-state index in [2.05, 4.69) is 311 Å². The van der Waals surface area contributed by atoms with E-state index in [1.165, 1.54) is 60.1 Å². The van der Waals surface area contributed by atoms with E-state index in [4.69, 9.17) is 0 Å². The van der Waals surface area contributed by atoms with Gasteiger partial charge in [0, 0.05) is 50.4 Å². The van der Waals surface area contributed by atoms with Gasteiger partial charge in [0.1, 0.15) is 0 Å². The van der Waals surface area contributed by atoms with Crippen molar-refractivity contribution in [3.8, 4) is 33.4 Å². The highest BCUT2D eigenvalue weighted by atomic mass is 79.9. The minimum absolute atomic E-state index is 0.335. The lowest BCUT2D eigenvalue weighted by Gasteiger charge is -2.31. The molecule has 346 valence electrons. The third-order valence-corrected chi connectivity index (χ3v) is 14.9. The van der Waals surface area contributed by atoms with E-state index in [1.54, 1.807) is 0 Å². The average Bonchev–Trinajstić information content (AvgIpc) is 3.45. The molecule has 0 saturated carbocycles. The molecule has 2 unspecified atom stereocenters. The van der Waals surface area contributed by atoms with Crippen molar-refractivity contribution in [2.24, 2.45) is 11.8 Å². The summed E-state index contributed by atoms with van der Waals surface area (Å²) in [5, 5.41) is 7.36. The molecule has 0 radical (unpaired) electrons. The van der Waals surface area contributed by atoms with Crippen molar-refractivity contribution in [3.63, 3.8) is 0 Å². The summed E-state index contributed by atoms with van der Waals surface area (Å²) in [6, 6.07) is 88.8. The molecule has 11 aromatic carbocycles. The Labute approximate surface area is 435 Å². The quantitative estimate of drug-likeness (QED) is 0.135. The molecular formula is C70H49BrN2. The van der Waals surface area contributed by atoms with Gasteiger partial charge in [0.05, 0.1) is 0 Å². The van der Waals surface area contributed by atoms with Crippen LogP contribution in [0.25, 0.3) is 71.3 Å². The van der Waals surface area contributed by atoms with Crippen molar-refractivity contribution in [2.45, 2.75) is 0 Å². The fourth-order valence-electron chi connectivity index (χ4n) is 10.8. The molecule has 0 N–H and O–H groups in total. The van der Waals surface area contributed by atoms with Crippen molar-refractivity contribution in [1.29, 1.82) is 0 Å². The smallest absolute Gasteiger partial charge is 0.0493 e. The number of nitrogens with zero attached hydrogens (tertiary/aromatic N) is 2. The Kier molecular flexibility index (Phi) is 11.6. The van der Waals surface area contributed by atoms with Gasteiger partial charge in [-0.2, -0.15) is 0 Å². The topological polar surface area (TPSA) is 6.48 Å². The Morgan fingerprint density at radius 2 is 0.644 bits per heavy atom. The maximum atomic E-state index is 4.09. The summed E-state index contributed by atoms with van der Waals surface area (Å²) in [6.07, 6.45) is 16.0. The first-order valence-electron chi connectivity index (χ1n) is 25.1. The second kappa shape index (κ2) is 19.1. The first kappa shape index (κ1) is 44.2. The highest BCUT2D eigenvalue weighted by molar-refractivity contribution is 9.10. The van der Waals surface area contributed by atoms with Gasteiger partial charge in [-0.05, 0) is 162 Å². The zero-order valence-electron chi connectivity index (χ0n) is 40.1. The molecule has 13 rings (SSSR count). The molecule has 0 saturated heterocycles. The first-order chi connectivity index (χ1) is 36.0. The van der Waals surface area contributed by atoms with Crippen LogP contribution in [0.4, 0.5) is 34.1 Å². The molecular weight excluding hydrogens is 949 g/mol. The summed E-state index contributed by atoms with van der Waals surface area (Å²) >= 11 is 4.09. The molecule has 0 spiro atoms. The molecule has 0 aromatic heterocycles. The van der Waals surface area contributed by atoms with Crippen LogP contribution >= 0.6 is 15.9 Å². The zero-order chi connectivity index (χ0) is 48.7. The minimum atomic E-state index is 0.335. The lowest BCUT2D eigenvalue weighted by molar-refractivity contribution is 0.663. The first-order valence-corrected chi connectivity index (χ1v) is 25.9. The van der Waals surface area contributed by atoms with Crippen LogP contribution in [0.5, 0.6) is 0 Å². The number of allylic oxidation sites excluding steroid dienone is 8. The molecule has 2 aliphatic carbocycles. The van der Waals surface area contributed by atoms with Gasteiger partial charge in [-0.25, -0.2) is 0 Å². The molecule has 2 nitrogen and oxygen atoms in total. The van der Waals surface area contributed by atoms with Crippen molar-refractivity contribution in [1.82, 2.24) is 0 Å². The van der Waals surface area contributed by atoms with E-state index < -0.39 is 0 Å². The number of halogens is 1. The Morgan fingerprint density at radius 3 is 1.08 bits per heavy atom. The number of hydrogen-bond acceptors (Lipinski definition) is 2. The van der Waals surface area contributed by atoms with E-state index >= 15 is 0 Å². The zero-order valence-corrected chi connectivity index (χ0v) is 41.6. The molecule has 0 aliphatic heterocycles. The van der Waals surface area contributed by atoms with Gasteiger partial charge in [-0.3, -0.25) is 0 Å². The summed E-state index contributed by atoms with van der Waals surface area (Å²) in [5.41, 5.74) is 15.6. The van der Waals surface area contributed by atoms with Crippen molar-refractivity contribution in [3.05, 3.63) is 295 Å². The second-order valence-electron chi connectivity index (χ2n) is 19.1. The Balaban J connectivity index is 0.980. The van der Waals surface area contributed by atoms with Crippen LogP contribution in [0.1, 0.15) is 5.56 Å². The van der Waals surface area contributed by atoms with Crippen LogP contribution in [0.2, 0.25) is 0 Å². The van der Waals surface area contributed by atoms with Crippen LogP contribution < -0.4 is 9.80 Å². The van der Waals surface area contributed by atoms with Crippen LogP contribution in [-0.4, -0.2) is 0 Å². The lowest BCUT2D eigenvalue weighted by Crippen LogP contribution is -2.14. The van der Waals surface area contributed by atoms with E-state index in [1.807, 2.05) is 0 Å². The molecule has 2 aliphatic rings. The normalized spacial score (nSPS) is 14.8. The largest absolute Gasteiger partial charge is 0.310 e. The van der Waals surface area contributed by atoms with Crippen molar-refractivity contribution in [2.75, 3.05) is 9.80 Å². The fraction of sp³-hybridized carbons (Fsp3) is 0.0286. The maximum Gasteiger partial charge on any atom is 0.0493 e. The molecule has 73 heavy (non-hydrogen) atoms. The minimum Gasteiger partial charge on any atom is -0.310 e. The van der Waals surface area contributed by atoms with Crippen LogP contribution in [0.3, 0.4) is 0 Å². The van der Waals surface area contributed by atoms with E-state index in [-0.39, 0.29) is 0 Å². The monoisotopic (exact) mass is 996 g/mol. The molecule has 3 heteroatoms. The van der Waals surface area contributed by atoms with Gasteiger partial charge in [-0.1, -0.05) is 216 Å². The second-order valence-corrected chi connectivity index (χ2v) is 20.0. The lowest BCUT2D eigenvalue weighted by atomic mass is 9.81. The standard InChI is InChI=1S/C70H49BrN2/c71-64-45-69(72(65-25-9-21-56(41-65)60-33-29-48-13-1-5-17-52(48)37-60)66-26-10-22-57(42-66)61-34-30-49-14-2-6-18-53(49)38-61)47-70(46-64)73(67-27-11-23-58(43-67)62-35-31-50-15-3-7-19-54(50)39-62)68-28-12-24-59(44-68)63-36-32-51-16-4-8-20-55(51)40-63/h1-48,52H. The third kappa shape index (κ3) is 8.90. The third-order valence-electron chi connectivity index (χ3n) is 14.5.